The molecule has 0 aromatic carbocycles. The fraction of sp³-hybridized carbons (Fsp3) is 0.548. The molecule has 0 aromatic heterocycles. The van der Waals surface area contributed by atoms with Crippen molar-refractivity contribution in [3.05, 3.63) is 158 Å². The third kappa shape index (κ3) is 55.0. The van der Waals surface area contributed by atoms with Crippen molar-refractivity contribution in [2.75, 3.05) is 47.5 Å². The molecule has 0 saturated carbocycles. The number of hydrogen-bond acceptors (Lipinski definition) is 7. The van der Waals surface area contributed by atoms with Gasteiger partial charge >= 0.3 is 19.8 Å². The van der Waals surface area contributed by atoms with Crippen molar-refractivity contribution in [3.8, 4) is 0 Å². The van der Waals surface area contributed by atoms with Gasteiger partial charge in [0.1, 0.15) is 19.8 Å². The number of rotatable bonds is 47. The Kier molecular flexibility index (Phi) is 48.4. The highest BCUT2D eigenvalue weighted by molar-refractivity contribution is 7.47. The maximum absolute atomic E-state index is 12.8. The number of carbonyl (C=O) groups is 2. The fourth-order valence-electron chi connectivity index (χ4n) is 6.41. The lowest BCUT2D eigenvalue weighted by Crippen LogP contribution is -2.37. The predicted molar refractivity (Wildman–Crippen MR) is 306 cm³/mol. The molecule has 0 rings (SSSR count). The molecule has 9 nitrogen and oxygen atoms in total. The van der Waals surface area contributed by atoms with Crippen LogP contribution in [0.15, 0.2) is 158 Å². The van der Waals surface area contributed by atoms with E-state index in [4.69, 9.17) is 18.5 Å². The summed E-state index contributed by atoms with van der Waals surface area (Å²) in [6, 6.07) is 0. The second-order valence-corrected chi connectivity index (χ2v) is 19.9. The van der Waals surface area contributed by atoms with Crippen molar-refractivity contribution in [1.29, 1.82) is 0 Å². The molecule has 0 fully saturated rings. The van der Waals surface area contributed by atoms with Crippen LogP contribution in [0.3, 0.4) is 0 Å². The molecule has 72 heavy (non-hydrogen) atoms. The first-order valence-corrected chi connectivity index (χ1v) is 28.7. The highest BCUT2D eigenvalue weighted by Gasteiger charge is 2.27. The Bertz CT molecular complexity index is 1770. The molecule has 10 heteroatoms. The summed E-state index contributed by atoms with van der Waals surface area (Å²) < 4.78 is 34.4. The summed E-state index contributed by atoms with van der Waals surface area (Å²) in [5.74, 6) is -0.888. The number of hydrogen-bond donors (Lipinski definition) is 1. The minimum Gasteiger partial charge on any atom is -0.462 e. The largest absolute Gasteiger partial charge is 0.472 e. The number of nitrogens with zero attached hydrogens (tertiary/aromatic N) is 1. The van der Waals surface area contributed by atoms with Crippen LogP contribution in [0.4, 0.5) is 0 Å². The first-order valence-electron chi connectivity index (χ1n) is 27.2. The van der Waals surface area contributed by atoms with E-state index >= 15 is 0 Å². The molecule has 0 bridgehead atoms. The summed E-state index contributed by atoms with van der Waals surface area (Å²) >= 11 is 0. The summed E-state index contributed by atoms with van der Waals surface area (Å²) in [5, 5.41) is 0. The minimum atomic E-state index is -4.42. The van der Waals surface area contributed by atoms with Gasteiger partial charge in [-0.2, -0.15) is 0 Å². The lowest BCUT2D eigenvalue weighted by molar-refractivity contribution is -0.870. The van der Waals surface area contributed by atoms with E-state index < -0.39 is 32.5 Å². The number of allylic oxidation sites excluding steroid dienone is 26. The molecule has 2 atom stereocenters. The smallest absolute Gasteiger partial charge is 0.462 e. The van der Waals surface area contributed by atoms with Gasteiger partial charge in [0.15, 0.2) is 6.10 Å². The average Bonchev–Trinajstić information content (AvgIpc) is 3.34. The van der Waals surface area contributed by atoms with Crippen LogP contribution in [0, 0.1) is 0 Å². The van der Waals surface area contributed by atoms with E-state index in [1.165, 1.54) is 0 Å². The number of likely N-dealkylation sites (N-methyl/N-ethyl adjacent to an activating group) is 1. The Labute approximate surface area is 439 Å². The van der Waals surface area contributed by atoms with E-state index in [0.29, 0.717) is 23.9 Å². The van der Waals surface area contributed by atoms with Crippen LogP contribution in [0.1, 0.15) is 168 Å². The van der Waals surface area contributed by atoms with Crippen LogP contribution in [0.25, 0.3) is 0 Å². The van der Waals surface area contributed by atoms with Gasteiger partial charge in [-0.25, -0.2) is 4.57 Å². The zero-order valence-electron chi connectivity index (χ0n) is 45.6. The Morgan fingerprint density at radius 3 is 1.14 bits per heavy atom. The van der Waals surface area contributed by atoms with E-state index in [1.807, 2.05) is 21.1 Å². The molecule has 0 saturated heterocycles. The van der Waals surface area contributed by atoms with Crippen LogP contribution < -0.4 is 0 Å². The van der Waals surface area contributed by atoms with E-state index in [-0.39, 0.29) is 26.1 Å². The number of esters is 2. The van der Waals surface area contributed by atoms with Crippen LogP contribution >= 0.6 is 7.82 Å². The SMILES string of the molecule is CC/C=C\C/C=C\C/C=C\C/C=C\C/C=C\C/C=C\C/C=C\C/C=C\CCCCC(=O)OC(COC(=O)CCCCCCC/C=C\C/C=C\C/C=C\C/C=C\C/C=C\CC)COP(=O)(O)OCC[N+](C)(C)C. The number of phosphoric acid groups is 1. The third-order valence-electron chi connectivity index (χ3n) is 10.6. The first kappa shape index (κ1) is 67.6. The van der Waals surface area contributed by atoms with Crippen LogP contribution in [-0.4, -0.2) is 74.9 Å². The number of phosphoric ester groups is 1. The molecule has 0 aliphatic rings. The van der Waals surface area contributed by atoms with Crippen LogP contribution in [0.2, 0.25) is 0 Å². The molecule has 0 radical (unpaired) electrons. The molecule has 0 spiro atoms. The van der Waals surface area contributed by atoms with Crippen molar-refractivity contribution in [2.45, 2.75) is 174 Å². The van der Waals surface area contributed by atoms with Crippen LogP contribution in [0.5, 0.6) is 0 Å². The zero-order chi connectivity index (χ0) is 52.7. The topological polar surface area (TPSA) is 108 Å². The number of ether oxygens (including phenoxy) is 2. The summed E-state index contributed by atoms with van der Waals surface area (Å²) in [4.78, 5) is 35.6. The zero-order valence-corrected chi connectivity index (χ0v) is 46.5. The van der Waals surface area contributed by atoms with Gasteiger partial charge in [0.05, 0.1) is 27.7 Å². The van der Waals surface area contributed by atoms with Gasteiger partial charge in [-0.3, -0.25) is 18.6 Å². The summed E-state index contributed by atoms with van der Waals surface area (Å²) in [7, 11) is 1.40. The Hall–Kier alpha value is -4.37. The molecule has 404 valence electrons. The standard InChI is InChI=1S/C62H98NO8P/c1-6-8-10-12-14-16-18-20-22-24-26-28-29-30-31-32-33-35-37-39-41-43-45-47-49-51-53-55-62(65)71-60(59-70-72(66,67)69-57-56-63(3,4)5)58-68-61(64)54-52-50-48-46-44-42-40-38-36-34-27-25-23-21-19-17-15-13-11-9-7-2/h8-11,14-17,20-23,26-28,30-31,33-35,38-41,45,47,60H,6-7,12-13,18-19,24-25,29,32,36-37,42-44,46,48-59H2,1-5H3/p+1/b10-8-,11-9-,16-14-,17-15-,22-20-,23-21-,28-26-,31-30-,34-27-,35-33-,40-38-,41-39-,47-45-. The third-order valence-corrected chi connectivity index (χ3v) is 11.5. The van der Waals surface area contributed by atoms with Crippen LogP contribution in [-0.2, 0) is 32.7 Å². The maximum Gasteiger partial charge on any atom is 0.472 e. The lowest BCUT2D eigenvalue weighted by atomic mass is 10.1. The summed E-state index contributed by atoms with van der Waals surface area (Å²) in [6.07, 6.45) is 77.3. The molecule has 2 unspecified atom stereocenters. The summed E-state index contributed by atoms with van der Waals surface area (Å²) in [5.41, 5.74) is 0. The van der Waals surface area contributed by atoms with Gasteiger partial charge in [0, 0.05) is 12.8 Å². The molecular formula is C62H99NO8P+. The van der Waals surface area contributed by atoms with E-state index in [0.717, 1.165) is 128 Å². The molecule has 0 aromatic rings. The number of quaternary nitrogens is 1. The second kappa shape index (κ2) is 51.5. The average molecular weight is 1020 g/mol. The molecule has 1 N–H and O–H groups in total. The Morgan fingerprint density at radius 1 is 0.431 bits per heavy atom. The highest BCUT2D eigenvalue weighted by atomic mass is 31.2. The van der Waals surface area contributed by atoms with Crippen molar-refractivity contribution in [3.63, 3.8) is 0 Å². The molecule has 0 aliphatic heterocycles. The fourth-order valence-corrected chi connectivity index (χ4v) is 7.15. The highest BCUT2D eigenvalue weighted by Crippen LogP contribution is 2.43. The van der Waals surface area contributed by atoms with Gasteiger partial charge in [0.2, 0.25) is 0 Å². The van der Waals surface area contributed by atoms with Crippen molar-refractivity contribution < 1.29 is 42.1 Å². The summed E-state index contributed by atoms with van der Waals surface area (Å²) in [6.45, 7) is 4.09. The van der Waals surface area contributed by atoms with Gasteiger partial charge in [-0.1, -0.05) is 191 Å². The van der Waals surface area contributed by atoms with Crippen molar-refractivity contribution in [1.82, 2.24) is 0 Å². The molecule has 0 heterocycles. The van der Waals surface area contributed by atoms with Gasteiger partial charge in [0.25, 0.3) is 0 Å². The van der Waals surface area contributed by atoms with Crippen molar-refractivity contribution >= 4 is 19.8 Å². The van der Waals surface area contributed by atoms with E-state index in [2.05, 4.69) is 172 Å². The van der Waals surface area contributed by atoms with E-state index in [1.54, 1.807) is 0 Å². The molecule has 0 aliphatic carbocycles. The van der Waals surface area contributed by atoms with Gasteiger partial charge < -0.3 is 18.9 Å². The first-order chi connectivity index (χ1) is 35.0. The van der Waals surface area contributed by atoms with E-state index in [9.17, 15) is 19.0 Å². The van der Waals surface area contributed by atoms with Gasteiger partial charge in [-0.15, -0.1) is 0 Å². The predicted octanol–water partition coefficient (Wildman–Crippen LogP) is 16.9. The number of unbranched alkanes of at least 4 members (excludes halogenated alkanes) is 7. The quantitative estimate of drug-likeness (QED) is 0.0211. The minimum absolute atomic E-state index is 0.00908. The Balaban J connectivity index is 4.41. The van der Waals surface area contributed by atoms with Gasteiger partial charge in [-0.05, 0) is 122 Å². The normalized spacial score (nSPS) is 14.6. The van der Waals surface area contributed by atoms with Crippen molar-refractivity contribution in [2.24, 2.45) is 0 Å². The Morgan fingerprint density at radius 2 is 0.750 bits per heavy atom. The maximum atomic E-state index is 12.8. The monoisotopic (exact) mass is 1020 g/mol. The number of carbonyl (C=O) groups excluding carboxylic acids is 2. The molecule has 0 amide bonds. The molecular weight excluding hydrogens is 918 g/mol. The second-order valence-electron chi connectivity index (χ2n) is 18.5. The lowest BCUT2D eigenvalue weighted by Gasteiger charge is -2.24.